The third-order valence-electron chi connectivity index (χ3n) is 6.10. The van der Waals surface area contributed by atoms with Crippen molar-refractivity contribution in [2.45, 2.75) is 45.1 Å². The monoisotopic (exact) mass is 416 g/mol. The van der Waals surface area contributed by atoms with Crippen LogP contribution < -0.4 is 0 Å². The summed E-state index contributed by atoms with van der Waals surface area (Å²) < 4.78 is 5.48. The zero-order chi connectivity index (χ0) is 21.8. The number of nitrogens with zero attached hydrogens (tertiary/aromatic N) is 2. The Kier molecular flexibility index (Phi) is 6.31. The van der Waals surface area contributed by atoms with Crippen LogP contribution in [0.4, 0.5) is 0 Å². The average Bonchev–Trinajstić information content (AvgIpc) is 2.82. The van der Waals surface area contributed by atoms with Gasteiger partial charge in [-0.25, -0.2) is 9.78 Å². The quantitative estimate of drug-likeness (QED) is 0.539. The fourth-order valence-electron chi connectivity index (χ4n) is 4.24. The molecule has 0 atom stereocenters. The summed E-state index contributed by atoms with van der Waals surface area (Å²) in [6.45, 7) is 1.73. The number of rotatable bonds is 5. The second kappa shape index (κ2) is 9.29. The molecule has 160 valence electrons. The number of aryl methyl sites for hydroxylation is 1. The fourth-order valence-corrected chi connectivity index (χ4v) is 4.24. The van der Waals surface area contributed by atoms with Gasteiger partial charge in [0.25, 0.3) is 5.91 Å². The summed E-state index contributed by atoms with van der Waals surface area (Å²) in [7, 11) is 1.81. The molecule has 0 unspecified atom stereocenters. The van der Waals surface area contributed by atoms with E-state index in [1.165, 1.54) is 6.42 Å². The van der Waals surface area contributed by atoms with E-state index in [-0.39, 0.29) is 18.6 Å². The number of aromatic nitrogens is 1. The summed E-state index contributed by atoms with van der Waals surface area (Å²) in [6.07, 6.45) is 5.56. The highest BCUT2D eigenvalue weighted by atomic mass is 16.5. The Bertz CT molecular complexity index is 1090. The van der Waals surface area contributed by atoms with E-state index < -0.39 is 5.97 Å². The first-order valence-electron chi connectivity index (χ1n) is 10.9. The maximum Gasteiger partial charge on any atom is 0.339 e. The summed E-state index contributed by atoms with van der Waals surface area (Å²) in [5, 5.41) is 0.734. The Morgan fingerprint density at radius 2 is 1.77 bits per heavy atom. The van der Waals surface area contributed by atoms with Gasteiger partial charge in [-0.3, -0.25) is 4.79 Å². The highest BCUT2D eigenvalue weighted by molar-refractivity contribution is 6.05. The molecule has 1 saturated carbocycles. The number of amides is 1. The largest absolute Gasteiger partial charge is 0.452 e. The van der Waals surface area contributed by atoms with Gasteiger partial charge in [0.15, 0.2) is 6.61 Å². The van der Waals surface area contributed by atoms with E-state index in [9.17, 15) is 9.59 Å². The van der Waals surface area contributed by atoms with Crippen molar-refractivity contribution in [1.82, 2.24) is 9.88 Å². The lowest BCUT2D eigenvalue weighted by molar-refractivity contribution is -0.135. The number of fused-ring (bicyclic) bond motifs is 1. The van der Waals surface area contributed by atoms with Crippen LogP contribution in [-0.4, -0.2) is 41.5 Å². The standard InChI is InChI=1S/C26H28N2O3/c1-18-13-14-23-21(15-18)22(16-24(27-23)19-9-5-3-6-10-19)26(30)31-17-25(29)28(2)20-11-7-4-8-12-20/h3,5-6,9-10,13-16,20H,4,7-8,11-12,17H2,1-2H3. The van der Waals surface area contributed by atoms with Crippen LogP contribution in [0.2, 0.25) is 0 Å². The second-order valence-corrected chi connectivity index (χ2v) is 8.31. The van der Waals surface area contributed by atoms with Gasteiger partial charge in [-0.2, -0.15) is 0 Å². The molecule has 0 aliphatic heterocycles. The third-order valence-corrected chi connectivity index (χ3v) is 6.10. The van der Waals surface area contributed by atoms with Crippen LogP contribution in [0.3, 0.4) is 0 Å². The van der Waals surface area contributed by atoms with E-state index in [2.05, 4.69) is 0 Å². The summed E-state index contributed by atoms with van der Waals surface area (Å²) in [5.41, 5.74) is 3.82. The first-order valence-corrected chi connectivity index (χ1v) is 10.9. The molecule has 5 heteroatoms. The number of likely N-dealkylation sites (N-methyl/N-ethyl adjacent to an activating group) is 1. The van der Waals surface area contributed by atoms with Gasteiger partial charge in [0.05, 0.1) is 16.8 Å². The Hall–Kier alpha value is -3.21. The maximum atomic E-state index is 13.0. The molecule has 3 aromatic rings. The predicted molar refractivity (Wildman–Crippen MR) is 122 cm³/mol. The number of carbonyl (C=O) groups excluding carboxylic acids is 2. The molecule has 0 saturated heterocycles. The van der Waals surface area contributed by atoms with Crippen LogP contribution >= 0.6 is 0 Å². The number of ether oxygens (including phenoxy) is 1. The van der Waals surface area contributed by atoms with Gasteiger partial charge in [0.2, 0.25) is 0 Å². The van der Waals surface area contributed by atoms with E-state index in [1.54, 1.807) is 11.0 Å². The molecule has 1 amide bonds. The number of hydrogen-bond donors (Lipinski definition) is 0. The Labute approximate surface area is 183 Å². The van der Waals surface area contributed by atoms with Gasteiger partial charge >= 0.3 is 5.97 Å². The van der Waals surface area contributed by atoms with E-state index >= 15 is 0 Å². The van der Waals surface area contributed by atoms with E-state index in [1.807, 2.05) is 62.5 Å². The van der Waals surface area contributed by atoms with Gasteiger partial charge in [-0.15, -0.1) is 0 Å². The second-order valence-electron chi connectivity index (χ2n) is 8.31. The van der Waals surface area contributed by atoms with E-state index in [0.717, 1.165) is 47.7 Å². The lowest BCUT2D eigenvalue weighted by atomic mass is 9.94. The molecular weight excluding hydrogens is 388 g/mol. The van der Waals surface area contributed by atoms with Crippen molar-refractivity contribution in [2.75, 3.05) is 13.7 Å². The van der Waals surface area contributed by atoms with Gasteiger partial charge in [-0.05, 0) is 38.0 Å². The SMILES string of the molecule is Cc1ccc2nc(-c3ccccc3)cc(C(=O)OCC(=O)N(C)C3CCCCC3)c2c1. The zero-order valence-corrected chi connectivity index (χ0v) is 18.1. The van der Waals surface area contributed by atoms with E-state index in [0.29, 0.717) is 11.3 Å². The highest BCUT2D eigenvalue weighted by Crippen LogP contribution is 2.26. The fraction of sp³-hybridized carbons (Fsp3) is 0.346. The molecule has 0 spiro atoms. The predicted octanol–water partition coefficient (Wildman–Crippen LogP) is 5.16. The summed E-state index contributed by atoms with van der Waals surface area (Å²) in [4.78, 5) is 32.1. The molecular formula is C26H28N2O3. The summed E-state index contributed by atoms with van der Waals surface area (Å²) in [6, 6.07) is 17.6. The smallest absolute Gasteiger partial charge is 0.339 e. The van der Waals surface area contributed by atoms with Gasteiger partial charge in [-0.1, -0.05) is 61.2 Å². The highest BCUT2D eigenvalue weighted by Gasteiger charge is 2.23. The first kappa shape index (κ1) is 21.0. The minimum atomic E-state index is -0.499. The van der Waals surface area contributed by atoms with Crippen molar-refractivity contribution >= 4 is 22.8 Å². The summed E-state index contributed by atoms with van der Waals surface area (Å²) in [5.74, 6) is -0.654. The Morgan fingerprint density at radius 3 is 2.52 bits per heavy atom. The molecule has 0 bridgehead atoms. The molecule has 0 N–H and O–H groups in total. The minimum Gasteiger partial charge on any atom is -0.452 e. The van der Waals surface area contributed by atoms with E-state index in [4.69, 9.17) is 9.72 Å². The van der Waals surface area contributed by atoms with Crippen molar-refractivity contribution in [3.63, 3.8) is 0 Å². The minimum absolute atomic E-state index is 0.155. The van der Waals surface area contributed by atoms with Crippen molar-refractivity contribution in [3.8, 4) is 11.3 Å². The maximum absolute atomic E-state index is 13.0. The first-order chi connectivity index (χ1) is 15.0. The van der Waals surface area contributed by atoms with Crippen molar-refractivity contribution in [1.29, 1.82) is 0 Å². The molecule has 1 fully saturated rings. The van der Waals surface area contributed by atoms with Crippen molar-refractivity contribution < 1.29 is 14.3 Å². The van der Waals surface area contributed by atoms with Crippen LogP contribution in [0, 0.1) is 6.92 Å². The van der Waals surface area contributed by atoms with Gasteiger partial charge < -0.3 is 9.64 Å². The Balaban J connectivity index is 1.57. The van der Waals surface area contributed by atoms with Crippen LogP contribution in [0.25, 0.3) is 22.2 Å². The number of benzene rings is 2. The van der Waals surface area contributed by atoms with Crippen LogP contribution in [0.15, 0.2) is 54.6 Å². The van der Waals surface area contributed by atoms with Gasteiger partial charge in [0.1, 0.15) is 0 Å². The number of carbonyl (C=O) groups is 2. The van der Waals surface area contributed by atoms with Gasteiger partial charge in [0, 0.05) is 24.0 Å². The zero-order valence-electron chi connectivity index (χ0n) is 18.1. The molecule has 1 aliphatic carbocycles. The molecule has 31 heavy (non-hydrogen) atoms. The molecule has 1 aromatic heterocycles. The molecule has 5 nitrogen and oxygen atoms in total. The number of esters is 1. The average molecular weight is 417 g/mol. The third kappa shape index (κ3) is 4.76. The number of pyridine rings is 1. The Morgan fingerprint density at radius 1 is 1.03 bits per heavy atom. The molecule has 2 aromatic carbocycles. The van der Waals surface area contributed by atoms with Crippen LogP contribution in [0.1, 0.15) is 48.0 Å². The van der Waals surface area contributed by atoms with Crippen molar-refractivity contribution in [2.24, 2.45) is 0 Å². The molecule has 4 rings (SSSR count). The number of hydrogen-bond acceptors (Lipinski definition) is 4. The topological polar surface area (TPSA) is 59.5 Å². The van der Waals surface area contributed by atoms with Crippen molar-refractivity contribution in [3.05, 3.63) is 65.7 Å². The van der Waals surface area contributed by atoms with Crippen LogP contribution in [-0.2, 0) is 9.53 Å². The lowest BCUT2D eigenvalue weighted by Gasteiger charge is -2.31. The molecule has 1 heterocycles. The lowest BCUT2D eigenvalue weighted by Crippen LogP contribution is -2.40. The normalized spacial score (nSPS) is 14.4. The molecule has 1 aliphatic rings. The van der Waals surface area contributed by atoms with Crippen LogP contribution in [0.5, 0.6) is 0 Å². The molecule has 0 radical (unpaired) electrons. The summed E-state index contributed by atoms with van der Waals surface area (Å²) >= 11 is 0.